The summed E-state index contributed by atoms with van der Waals surface area (Å²) < 4.78 is 34.3. The minimum absolute atomic E-state index is 0.0651. The highest BCUT2D eigenvalue weighted by Gasteiger charge is 2.47. The van der Waals surface area contributed by atoms with Crippen LogP contribution in [0.25, 0.3) is 0 Å². The van der Waals surface area contributed by atoms with Gasteiger partial charge in [0.15, 0.2) is 12.6 Å². The maximum Gasteiger partial charge on any atom is 0.306 e. The highest BCUT2D eigenvalue weighted by atomic mass is 16.7. The monoisotopic (exact) mass is 961 g/mol. The standard InChI is InChI=1S/C53H100O14/c1-3-5-7-9-11-13-15-17-19-20-21-22-23-25-27-29-31-33-35-37-62-39-42(65-45(55)36-34-32-30-28-26-24-18-16-14-12-10-8-6-4-2)40-63-52-51(61)49(59)47(57)44(67-52)41-64-53-50(60)48(58)46(56)43(38-54)66-53/h19-20,42-44,46-54,56-61H,3-18,21-41H2,1-2H3/b20-19-. The zero-order chi connectivity index (χ0) is 48.7. The fourth-order valence-electron chi connectivity index (χ4n) is 8.81. The lowest BCUT2D eigenvalue weighted by Gasteiger charge is -2.42. The number of esters is 1. The Hall–Kier alpha value is -1.27. The molecular weight excluding hydrogens is 861 g/mol. The van der Waals surface area contributed by atoms with E-state index in [1.807, 2.05) is 0 Å². The van der Waals surface area contributed by atoms with E-state index in [1.165, 1.54) is 154 Å². The van der Waals surface area contributed by atoms with E-state index < -0.39 is 80.7 Å². The summed E-state index contributed by atoms with van der Waals surface area (Å²) in [7, 11) is 0. The van der Waals surface area contributed by atoms with Gasteiger partial charge in [-0.3, -0.25) is 4.79 Å². The molecule has 0 amide bonds. The van der Waals surface area contributed by atoms with E-state index in [0.29, 0.717) is 13.0 Å². The first-order valence-electron chi connectivity index (χ1n) is 27.3. The van der Waals surface area contributed by atoms with E-state index in [4.69, 9.17) is 28.4 Å². The summed E-state index contributed by atoms with van der Waals surface area (Å²) in [6, 6.07) is 0. The van der Waals surface area contributed by atoms with Gasteiger partial charge >= 0.3 is 5.97 Å². The van der Waals surface area contributed by atoms with Crippen LogP contribution in [-0.2, 0) is 33.2 Å². The van der Waals surface area contributed by atoms with Crippen molar-refractivity contribution < 1.29 is 69.0 Å². The van der Waals surface area contributed by atoms with Crippen molar-refractivity contribution in [3.63, 3.8) is 0 Å². The molecule has 14 heteroatoms. The molecule has 0 aromatic carbocycles. The van der Waals surface area contributed by atoms with Gasteiger partial charge in [-0.1, -0.05) is 187 Å². The van der Waals surface area contributed by atoms with Crippen LogP contribution < -0.4 is 0 Å². The van der Waals surface area contributed by atoms with Gasteiger partial charge in [-0.25, -0.2) is 0 Å². The lowest BCUT2D eigenvalue weighted by atomic mass is 9.98. The van der Waals surface area contributed by atoms with Crippen LogP contribution >= 0.6 is 0 Å². The number of ether oxygens (including phenoxy) is 6. The third kappa shape index (κ3) is 29.0. The molecule has 2 rings (SSSR count). The van der Waals surface area contributed by atoms with E-state index in [1.54, 1.807) is 0 Å². The molecule has 7 N–H and O–H groups in total. The van der Waals surface area contributed by atoms with Gasteiger partial charge in [0.25, 0.3) is 0 Å². The van der Waals surface area contributed by atoms with Crippen LogP contribution in [0.3, 0.4) is 0 Å². The number of hydrogen-bond donors (Lipinski definition) is 7. The Kier molecular flexibility index (Phi) is 38.2. The Morgan fingerprint density at radius 2 is 0.881 bits per heavy atom. The van der Waals surface area contributed by atoms with Crippen LogP contribution in [-0.4, -0.2) is 142 Å². The quantitative estimate of drug-likeness (QED) is 0.0173. The third-order valence-corrected chi connectivity index (χ3v) is 13.3. The van der Waals surface area contributed by atoms with Gasteiger partial charge in [-0.15, -0.1) is 0 Å². The maximum absolute atomic E-state index is 13.0. The fraction of sp³-hybridized carbons (Fsp3) is 0.943. The second-order valence-corrected chi connectivity index (χ2v) is 19.4. The Balaban J connectivity index is 1.74. The highest BCUT2D eigenvalue weighted by molar-refractivity contribution is 5.69. The van der Waals surface area contributed by atoms with Gasteiger partial charge in [-0.05, 0) is 38.5 Å². The molecular formula is C53H100O14. The minimum atomic E-state index is -1.70. The number of unbranched alkanes of at least 4 members (excludes halogenated alkanes) is 28. The van der Waals surface area contributed by atoms with Crippen LogP contribution in [0, 0.1) is 0 Å². The van der Waals surface area contributed by atoms with E-state index in [9.17, 15) is 40.5 Å². The molecule has 2 heterocycles. The minimum Gasteiger partial charge on any atom is -0.457 e. The van der Waals surface area contributed by atoms with E-state index in [-0.39, 0.29) is 25.6 Å². The topological polar surface area (TPSA) is 214 Å². The highest BCUT2D eigenvalue weighted by Crippen LogP contribution is 2.27. The molecule has 11 unspecified atom stereocenters. The molecule has 2 fully saturated rings. The van der Waals surface area contributed by atoms with Crippen molar-refractivity contribution in [3.05, 3.63) is 12.2 Å². The van der Waals surface area contributed by atoms with Crippen molar-refractivity contribution in [2.45, 2.75) is 287 Å². The number of aliphatic hydroxyl groups excluding tert-OH is 7. The van der Waals surface area contributed by atoms with Gasteiger partial charge in [0.05, 0.1) is 26.4 Å². The lowest BCUT2D eigenvalue weighted by Crippen LogP contribution is -2.61. The van der Waals surface area contributed by atoms with Gasteiger partial charge < -0.3 is 64.2 Å². The number of carbonyl (C=O) groups is 1. The molecule has 67 heavy (non-hydrogen) atoms. The smallest absolute Gasteiger partial charge is 0.306 e. The molecule has 2 aliphatic rings. The van der Waals surface area contributed by atoms with Crippen LogP contribution in [0.5, 0.6) is 0 Å². The Morgan fingerprint density at radius 1 is 0.478 bits per heavy atom. The average Bonchev–Trinajstić information content (AvgIpc) is 3.32. The van der Waals surface area contributed by atoms with Crippen molar-refractivity contribution in [2.75, 3.05) is 33.0 Å². The fourth-order valence-corrected chi connectivity index (χ4v) is 8.81. The largest absolute Gasteiger partial charge is 0.457 e. The normalized spacial score (nSPS) is 26.1. The molecule has 0 aromatic heterocycles. The van der Waals surface area contributed by atoms with Crippen molar-refractivity contribution >= 4 is 5.97 Å². The van der Waals surface area contributed by atoms with Crippen molar-refractivity contribution in [1.29, 1.82) is 0 Å². The second kappa shape index (κ2) is 41.4. The number of aliphatic hydroxyl groups is 7. The summed E-state index contributed by atoms with van der Waals surface area (Å²) in [5.41, 5.74) is 0. The Labute approximate surface area is 405 Å². The average molecular weight is 961 g/mol. The van der Waals surface area contributed by atoms with Crippen LogP contribution in [0.2, 0.25) is 0 Å². The molecule has 0 aromatic rings. The molecule has 0 radical (unpaired) electrons. The lowest BCUT2D eigenvalue weighted by molar-refractivity contribution is -0.332. The predicted octanol–water partition coefficient (Wildman–Crippen LogP) is 8.63. The number of rotatable bonds is 44. The Morgan fingerprint density at radius 3 is 1.36 bits per heavy atom. The molecule has 2 aliphatic heterocycles. The third-order valence-electron chi connectivity index (χ3n) is 13.3. The summed E-state index contributed by atoms with van der Waals surface area (Å²) in [6.45, 7) is 3.72. The molecule has 2 saturated heterocycles. The molecule has 14 nitrogen and oxygen atoms in total. The zero-order valence-electron chi connectivity index (χ0n) is 42.2. The van der Waals surface area contributed by atoms with Crippen molar-refractivity contribution in [3.8, 4) is 0 Å². The molecule has 0 aliphatic carbocycles. The van der Waals surface area contributed by atoms with Crippen LogP contribution in [0.4, 0.5) is 0 Å². The Bertz CT molecular complexity index is 1160. The summed E-state index contributed by atoms with van der Waals surface area (Å²) in [5.74, 6) is -0.373. The number of carbonyl (C=O) groups excluding carboxylic acids is 1. The van der Waals surface area contributed by atoms with Gasteiger partial charge in [0, 0.05) is 13.0 Å². The van der Waals surface area contributed by atoms with Crippen molar-refractivity contribution in [2.24, 2.45) is 0 Å². The van der Waals surface area contributed by atoms with Gasteiger partial charge in [0.2, 0.25) is 0 Å². The predicted molar refractivity (Wildman–Crippen MR) is 261 cm³/mol. The zero-order valence-corrected chi connectivity index (χ0v) is 42.2. The first-order chi connectivity index (χ1) is 32.6. The second-order valence-electron chi connectivity index (χ2n) is 19.4. The van der Waals surface area contributed by atoms with Crippen LogP contribution in [0.15, 0.2) is 12.2 Å². The summed E-state index contributed by atoms with van der Waals surface area (Å²) in [6.07, 6.45) is 27.0. The van der Waals surface area contributed by atoms with Gasteiger partial charge in [-0.2, -0.15) is 0 Å². The SMILES string of the molecule is CCCCCCCCC/C=C\CCCCCCCCCCOCC(COC1OC(COC2OC(CO)C(O)C(O)C2O)C(O)C(O)C1O)OC(=O)CCCCCCCCCCCCCCCC. The molecule has 0 spiro atoms. The summed E-state index contributed by atoms with van der Waals surface area (Å²) in [5, 5.41) is 72.2. The van der Waals surface area contributed by atoms with E-state index >= 15 is 0 Å². The molecule has 0 saturated carbocycles. The first-order valence-corrected chi connectivity index (χ1v) is 27.3. The number of hydrogen-bond acceptors (Lipinski definition) is 14. The molecule has 0 bridgehead atoms. The molecule has 396 valence electrons. The summed E-state index contributed by atoms with van der Waals surface area (Å²) >= 11 is 0. The summed E-state index contributed by atoms with van der Waals surface area (Å²) in [4.78, 5) is 13.0. The van der Waals surface area contributed by atoms with E-state index in [2.05, 4.69) is 26.0 Å². The maximum atomic E-state index is 13.0. The van der Waals surface area contributed by atoms with Gasteiger partial charge in [0.1, 0.15) is 54.9 Å². The molecule has 11 atom stereocenters. The first kappa shape index (κ1) is 61.8. The van der Waals surface area contributed by atoms with Crippen molar-refractivity contribution in [1.82, 2.24) is 0 Å². The number of allylic oxidation sites excluding steroid dienone is 2. The van der Waals surface area contributed by atoms with E-state index in [0.717, 1.165) is 38.5 Å². The van der Waals surface area contributed by atoms with Crippen LogP contribution in [0.1, 0.15) is 219 Å².